The number of aryl methyl sites for hydroxylation is 1. The van der Waals surface area contributed by atoms with Gasteiger partial charge in [-0.1, -0.05) is 11.6 Å². The van der Waals surface area contributed by atoms with Gasteiger partial charge in [-0.3, -0.25) is 14.9 Å². The molecule has 0 aliphatic heterocycles. The first-order valence-electron chi connectivity index (χ1n) is 4.88. The zero-order valence-electron chi connectivity index (χ0n) is 9.20. The molecule has 0 aromatic heterocycles. The van der Waals surface area contributed by atoms with Gasteiger partial charge in [-0.25, -0.2) is 0 Å². The first-order chi connectivity index (χ1) is 7.91. The average molecular weight is 258 g/mol. The van der Waals surface area contributed by atoms with Crippen molar-refractivity contribution in [3.8, 4) is 0 Å². The summed E-state index contributed by atoms with van der Waals surface area (Å²) in [5, 5.41) is 13.6. The Labute approximate surface area is 103 Å². The Morgan fingerprint density at radius 1 is 1.59 bits per heavy atom. The van der Waals surface area contributed by atoms with Crippen LogP contribution in [0.1, 0.15) is 12.0 Å². The molecular formula is C10H12ClN3O3. The molecule has 0 aliphatic carbocycles. The summed E-state index contributed by atoms with van der Waals surface area (Å²) >= 11 is 5.76. The second-order valence-corrected chi connectivity index (χ2v) is 3.93. The van der Waals surface area contributed by atoms with Crippen molar-refractivity contribution in [1.82, 2.24) is 0 Å². The van der Waals surface area contributed by atoms with Crippen LogP contribution in [0.4, 0.5) is 11.4 Å². The van der Waals surface area contributed by atoms with Crippen LogP contribution in [0.25, 0.3) is 0 Å². The number of nitro groups is 1. The van der Waals surface area contributed by atoms with Gasteiger partial charge in [0, 0.05) is 24.7 Å². The molecule has 92 valence electrons. The monoisotopic (exact) mass is 257 g/mol. The van der Waals surface area contributed by atoms with Gasteiger partial charge in [0.05, 0.1) is 4.92 Å². The second kappa shape index (κ2) is 5.49. The van der Waals surface area contributed by atoms with Crippen LogP contribution in [0.2, 0.25) is 5.02 Å². The number of amides is 1. The second-order valence-electron chi connectivity index (χ2n) is 3.52. The molecule has 0 unspecified atom stereocenters. The lowest BCUT2D eigenvalue weighted by atomic mass is 10.1. The van der Waals surface area contributed by atoms with Crippen LogP contribution in [0, 0.1) is 17.0 Å². The van der Waals surface area contributed by atoms with Crippen molar-refractivity contribution in [3.05, 3.63) is 32.8 Å². The van der Waals surface area contributed by atoms with Gasteiger partial charge in [0.1, 0.15) is 5.02 Å². The quantitative estimate of drug-likeness (QED) is 0.621. The molecular weight excluding hydrogens is 246 g/mol. The number of nitrogens with two attached hydrogens (primary N) is 1. The summed E-state index contributed by atoms with van der Waals surface area (Å²) in [6, 6.07) is 2.85. The summed E-state index contributed by atoms with van der Waals surface area (Å²) in [5.74, 6) is -0.414. The van der Waals surface area contributed by atoms with E-state index in [1.807, 2.05) is 0 Å². The van der Waals surface area contributed by atoms with Crippen LogP contribution < -0.4 is 11.1 Å². The Hall–Kier alpha value is -1.82. The highest BCUT2D eigenvalue weighted by Crippen LogP contribution is 2.30. The van der Waals surface area contributed by atoms with Gasteiger partial charge in [0.2, 0.25) is 5.91 Å². The number of benzene rings is 1. The molecule has 0 spiro atoms. The SMILES string of the molecule is Cc1cc([N+](=O)[O-])c(Cl)cc1NCCC(N)=O. The van der Waals surface area contributed by atoms with Gasteiger partial charge in [-0.05, 0) is 18.6 Å². The fourth-order valence-corrected chi connectivity index (χ4v) is 1.55. The van der Waals surface area contributed by atoms with Crippen LogP contribution in [0.5, 0.6) is 0 Å². The number of halogens is 1. The smallest absolute Gasteiger partial charge is 0.288 e. The summed E-state index contributed by atoms with van der Waals surface area (Å²) in [7, 11) is 0. The lowest BCUT2D eigenvalue weighted by Crippen LogP contribution is -2.16. The maximum Gasteiger partial charge on any atom is 0.288 e. The Bertz CT molecular complexity index is 462. The Morgan fingerprint density at radius 3 is 2.76 bits per heavy atom. The number of carbonyl (C=O) groups excluding carboxylic acids is 1. The summed E-state index contributed by atoms with van der Waals surface area (Å²) in [5.41, 5.74) is 6.20. The number of hydrogen-bond acceptors (Lipinski definition) is 4. The molecule has 0 aliphatic rings. The summed E-state index contributed by atoms with van der Waals surface area (Å²) < 4.78 is 0. The van der Waals surface area contributed by atoms with Crippen LogP contribution in [-0.4, -0.2) is 17.4 Å². The highest BCUT2D eigenvalue weighted by atomic mass is 35.5. The van der Waals surface area contributed by atoms with Gasteiger partial charge in [-0.2, -0.15) is 0 Å². The minimum Gasteiger partial charge on any atom is -0.384 e. The van der Waals surface area contributed by atoms with Crippen LogP contribution >= 0.6 is 11.6 Å². The zero-order valence-corrected chi connectivity index (χ0v) is 9.95. The van der Waals surface area contributed by atoms with E-state index >= 15 is 0 Å². The van der Waals surface area contributed by atoms with Crippen molar-refractivity contribution in [3.63, 3.8) is 0 Å². The maximum absolute atomic E-state index is 10.6. The molecule has 0 atom stereocenters. The minimum atomic E-state index is -0.539. The molecule has 0 fully saturated rings. The number of anilines is 1. The van der Waals surface area contributed by atoms with E-state index in [9.17, 15) is 14.9 Å². The van der Waals surface area contributed by atoms with E-state index < -0.39 is 10.8 Å². The number of rotatable bonds is 5. The topological polar surface area (TPSA) is 98.3 Å². The lowest BCUT2D eigenvalue weighted by molar-refractivity contribution is -0.384. The van der Waals surface area contributed by atoms with Crippen LogP contribution in [0.15, 0.2) is 12.1 Å². The first-order valence-corrected chi connectivity index (χ1v) is 5.26. The third-order valence-corrected chi connectivity index (χ3v) is 2.48. The Kier molecular flexibility index (Phi) is 4.28. The largest absolute Gasteiger partial charge is 0.384 e. The van der Waals surface area contributed by atoms with Gasteiger partial charge < -0.3 is 11.1 Å². The number of nitrogens with one attached hydrogen (secondary N) is 1. The molecule has 0 saturated heterocycles. The number of nitro benzene ring substituents is 1. The lowest BCUT2D eigenvalue weighted by Gasteiger charge is -2.09. The number of primary amides is 1. The fraction of sp³-hybridized carbons (Fsp3) is 0.300. The van der Waals surface area contributed by atoms with Gasteiger partial charge in [-0.15, -0.1) is 0 Å². The van der Waals surface area contributed by atoms with Crippen molar-refractivity contribution in [2.75, 3.05) is 11.9 Å². The molecule has 3 N–H and O–H groups in total. The molecule has 1 rings (SSSR count). The predicted octanol–water partition coefficient (Wildman–Crippen LogP) is 1.84. The molecule has 0 bridgehead atoms. The number of carbonyl (C=O) groups is 1. The van der Waals surface area contributed by atoms with Crippen LogP contribution in [0.3, 0.4) is 0 Å². The van der Waals surface area contributed by atoms with E-state index in [2.05, 4.69) is 5.32 Å². The number of hydrogen-bond donors (Lipinski definition) is 2. The van der Waals surface area contributed by atoms with Crippen molar-refractivity contribution in [2.45, 2.75) is 13.3 Å². The molecule has 0 saturated carbocycles. The molecule has 0 radical (unpaired) electrons. The van der Waals surface area contributed by atoms with E-state index in [1.165, 1.54) is 12.1 Å². The predicted molar refractivity (Wildman–Crippen MR) is 65.1 cm³/mol. The summed E-state index contributed by atoms with van der Waals surface area (Å²) in [4.78, 5) is 20.6. The molecule has 7 heteroatoms. The zero-order chi connectivity index (χ0) is 13.0. The van der Waals surface area contributed by atoms with E-state index in [0.29, 0.717) is 17.8 Å². The van der Waals surface area contributed by atoms with Crippen molar-refractivity contribution in [2.24, 2.45) is 5.73 Å². The Morgan fingerprint density at radius 2 is 2.24 bits per heavy atom. The minimum absolute atomic E-state index is 0.0576. The van der Waals surface area contributed by atoms with E-state index in [1.54, 1.807) is 6.92 Å². The standard InChI is InChI=1S/C10H12ClN3O3/c1-6-4-9(14(16)17)7(11)5-8(6)13-3-2-10(12)15/h4-5,13H,2-3H2,1H3,(H2,12,15). The van der Waals surface area contributed by atoms with Crippen molar-refractivity contribution >= 4 is 28.9 Å². The normalized spacial score (nSPS) is 10.0. The molecule has 1 aromatic carbocycles. The maximum atomic E-state index is 10.6. The first kappa shape index (κ1) is 13.2. The van der Waals surface area contributed by atoms with E-state index in [-0.39, 0.29) is 17.1 Å². The third kappa shape index (κ3) is 3.60. The number of nitrogens with zero attached hydrogens (tertiary/aromatic N) is 1. The van der Waals surface area contributed by atoms with Crippen LogP contribution in [-0.2, 0) is 4.79 Å². The van der Waals surface area contributed by atoms with Crippen molar-refractivity contribution in [1.29, 1.82) is 0 Å². The highest BCUT2D eigenvalue weighted by molar-refractivity contribution is 6.33. The fourth-order valence-electron chi connectivity index (χ4n) is 1.32. The van der Waals surface area contributed by atoms with Gasteiger partial charge >= 0.3 is 0 Å². The highest BCUT2D eigenvalue weighted by Gasteiger charge is 2.14. The van der Waals surface area contributed by atoms with E-state index in [0.717, 1.165) is 0 Å². The molecule has 1 amide bonds. The van der Waals surface area contributed by atoms with Gasteiger partial charge in [0.15, 0.2) is 0 Å². The van der Waals surface area contributed by atoms with Gasteiger partial charge in [0.25, 0.3) is 5.69 Å². The molecule has 0 heterocycles. The third-order valence-electron chi connectivity index (χ3n) is 2.18. The molecule has 1 aromatic rings. The summed E-state index contributed by atoms with van der Waals surface area (Å²) in [6.07, 6.45) is 0.189. The van der Waals surface area contributed by atoms with Crippen molar-refractivity contribution < 1.29 is 9.72 Å². The van der Waals surface area contributed by atoms with E-state index in [4.69, 9.17) is 17.3 Å². The Balaban J connectivity index is 2.84. The average Bonchev–Trinajstić information content (AvgIpc) is 2.21. The summed E-state index contributed by atoms with van der Waals surface area (Å²) in [6.45, 7) is 2.08. The molecule has 17 heavy (non-hydrogen) atoms. The molecule has 6 nitrogen and oxygen atoms in total.